The number of hydrogen-bond acceptors (Lipinski definition) is 2. The molecule has 0 amide bonds. The summed E-state index contributed by atoms with van der Waals surface area (Å²) >= 11 is 0.147. The summed E-state index contributed by atoms with van der Waals surface area (Å²) in [4.78, 5) is 10.2. The van der Waals surface area contributed by atoms with Crippen molar-refractivity contribution >= 4 is 22.1 Å². The van der Waals surface area contributed by atoms with Gasteiger partial charge in [0, 0.05) is 0 Å². The van der Waals surface area contributed by atoms with Crippen molar-refractivity contribution in [1.82, 2.24) is 0 Å². The van der Waals surface area contributed by atoms with E-state index >= 15 is 0 Å². The van der Waals surface area contributed by atoms with Crippen LogP contribution in [0.15, 0.2) is 12.2 Å². The molecule has 0 unspecified atom stereocenters. The molecular weight excluding hydrogens is 140 g/mol. The maximum Gasteiger partial charge on any atom is 0.336 e. The van der Waals surface area contributed by atoms with Crippen molar-refractivity contribution in [1.29, 1.82) is 0 Å². The first kappa shape index (κ1) is 8.10. The quantitative estimate of drug-likeness (QED) is 0.442. The maximum atomic E-state index is 10.0. The highest BCUT2D eigenvalue weighted by molar-refractivity contribution is 7.67. The highest BCUT2D eigenvalue weighted by Gasteiger charge is 2.05. The van der Waals surface area contributed by atoms with E-state index < -0.39 is 5.97 Å². The van der Waals surface area contributed by atoms with E-state index in [-0.39, 0.29) is 21.7 Å². The molecule has 0 aliphatic carbocycles. The summed E-state index contributed by atoms with van der Waals surface area (Å²) in [6, 6.07) is 0. The normalized spacial score (nSPS) is 8.11. The van der Waals surface area contributed by atoms with Crippen LogP contribution in [-0.4, -0.2) is 20.1 Å². The van der Waals surface area contributed by atoms with Crippen LogP contribution < -0.4 is 0 Å². The van der Waals surface area contributed by atoms with Crippen molar-refractivity contribution in [2.24, 2.45) is 0 Å². The molecule has 1 N–H and O–H groups in total. The van der Waals surface area contributed by atoms with Crippen LogP contribution in [0.25, 0.3) is 0 Å². The van der Waals surface area contributed by atoms with Crippen LogP contribution in [-0.2, 0) is 16.1 Å². The van der Waals surface area contributed by atoms with Gasteiger partial charge in [0.15, 0.2) is 0 Å². The van der Waals surface area contributed by atoms with Crippen LogP contribution in [0.3, 0.4) is 0 Å². The Morgan fingerprint density at radius 3 is 2.22 bits per heavy atom. The smallest absolute Gasteiger partial charge is 0.336 e. The molecule has 0 bridgehead atoms. The van der Waals surface area contributed by atoms with Gasteiger partial charge in [-0.1, -0.05) is 6.58 Å². The van der Waals surface area contributed by atoms with Gasteiger partial charge in [-0.3, -0.25) is 0 Å². The minimum absolute atomic E-state index is 0.130. The molecule has 0 radical (unpaired) electrons. The van der Waals surface area contributed by atoms with Gasteiger partial charge in [-0.15, -0.1) is 0 Å². The van der Waals surface area contributed by atoms with Crippen LogP contribution in [0, 0.1) is 0 Å². The molecule has 0 atom stereocenters. The lowest BCUT2D eigenvalue weighted by Crippen LogP contribution is -2.06. The van der Waals surface area contributed by atoms with Gasteiger partial charge in [-0.05, 0) is 6.92 Å². The molecule has 0 saturated heterocycles. The lowest BCUT2D eigenvalue weighted by atomic mass is 10.2. The Balaban J connectivity index is 4.42. The third-order valence-corrected chi connectivity index (χ3v) is 1.30. The van der Waals surface area contributed by atoms with Crippen molar-refractivity contribution in [3.05, 3.63) is 12.2 Å². The zero-order valence-electron chi connectivity index (χ0n) is 4.88. The second-order valence-electron chi connectivity index (χ2n) is 1.42. The molecule has 0 aromatic rings. The molecule has 0 rings (SSSR count). The van der Waals surface area contributed by atoms with Gasteiger partial charge in [0.1, 0.15) is 0 Å². The van der Waals surface area contributed by atoms with Gasteiger partial charge in [0.05, 0.1) is 21.7 Å². The van der Waals surface area contributed by atoms with Crippen molar-refractivity contribution in [3.8, 4) is 0 Å². The van der Waals surface area contributed by atoms with Crippen molar-refractivity contribution < 1.29 is 14.1 Å². The van der Waals surface area contributed by atoms with Crippen LogP contribution in [0.5, 0.6) is 0 Å². The monoisotopic (exact) mass is 146 g/mol. The summed E-state index contributed by atoms with van der Waals surface area (Å²) in [5.74, 6) is -1.14. The predicted octanol–water partition coefficient (Wildman–Crippen LogP) is 0.0325. The Morgan fingerprint density at radius 1 is 1.67 bits per heavy atom. The SMILES string of the molecule is C=C(C(=O)O)C(C)=S=O. The van der Waals surface area contributed by atoms with Crippen molar-refractivity contribution in [2.45, 2.75) is 6.92 Å². The number of rotatable bonds is 2. The fourth-order valence-electron chi connectivity index (χ4n) is 0.201. The van der Waals surface area contributed by atoms with E-state index in [1.54, 1.807) is 0 Å². The molecule has 3 nitrogen and oxygen atoms in total. The number of carboxylic acids is 1. The maximum absolute atomic E-state index is 10.0. The first-order chi connectivity index (χ1) is 4.09. The number of hydrogen-bond donors (Lipinski definition) is 1. The molecule has 4 heteroatoms. The lowest BCUT2D eigenvalue weighted by molar-refractivity contribution is -0.132. The Labute approximate surface area is 56.1 Å². The molecule has 0 aliphatic rings. The molecule has 0 fully saturated rings. The second kappa shape index (κ2) is 3.19. The van der Waals surface area contributed by atoms with Gasteiger partial charge in [0.25, 0.3) is 0 Å². The van der Waals surface area contributed by atoms with Gasteiger partial charge in [0.2, 0.25) is 0 Å². The lowest BCUT2D eigenvalue weighted by Gasteiger charge is -1.90. The van der Waals surface area contributed by atoms with Crippen LogP contribution in [0.2, 0.25) is 0 Å². The van der Waals surface area contributed by atoms with Crippen LogP contribution in [0.4, 0.5) is 0 Å². The summed E-state index contributed by atoms with van der Waals surface area (Å²) in [6.07, 6.45) is 0. The molecule has 0 heterocycles. The topological polar surface area (TPSA) is 54.4 Å². The minimum atomic E-state index is -1.14. The van der Waals surface area contributed by atoms with Gasteiger partial charge in [-0.25, -0.2) is 9.00 Å². The zero-order chi connectivity index (χ0) is 7.44. The third kappa shape index (κ3) is 2.23. The summed E-state index contributed by atoms with van der Waals surface area (Å²) in [5, 5.41) is 8.21. The van der Waals surface area contributed by atoms with E-state index in [0.29, 0.717) is 0 Å². The first-order valence-corrected chi connectivity index (χ1v) is 2.89. The van der Waals surface area contributed by atoms with E-state index in [9.17, 15) is 9.00 Å². The average Bonchev–Trinajstić information content (AvgIpc) is 1.84. The number of carbonyl (C=O) groups is 1. The summed E-state index contributed by atoms with van der Waals surface area (Å²) in [6.45, 7) is 4.59. The summed E-state index contributed by atoms with van der Waals surface area (Å²) < 4.78 is 9.93. The van der Waals surface area contributed by atoms with E-state index in [2.05, 4.69) is 6.58 Å². The zero-order valence-corrected chi connectivity index (χ0v) is 5.70. The van der Waals surface area contributed by atoms with Crippen LogP contribution in [0.1, 0.15) is 6.92 Å². The Morgan fingerprint density at radius 2 is 2.11 bits per heavy atom. The highest BCUT2D eigenvalue weighted by Crippen LogP contribution is 1.90. The Kier molecular flexibility index (Phi) is 2.87. The highest BCUT2D eigenvalue weighted by atomic mass is 32.1. The van der Waals surface area contributed by atoms with Crippen molar-refractivity contribution in [2.75, 3.05) is 0 Å². The van der Waals surface area contributed by atoms with Crippen molar-refractivity contribution in [3.63, 3.8) is 0 Å². The predicted molar refractivity (Wildman–Crippen MR) is 35.6 cm³/mol. The van der Waals surface area contributed by atoms with E-state index in [4.69, 9.17) is 5.11 Å². The summed E-state index contributed by atoms with van der Waals surface area (Å²) in [5.41, 5.74) is -0.130. The molecule has 0 saturated carbocycles. The van der Waals surface area contributed by atoms with Gasteiger partial charge < -0.3 is 5.11 Å². The molecule has 9 heavy (non-hydrogen) atoms. The van der Waals surface area contributed by atoms with Crippen LogP contribution >= 0.6 is 0 Å². The summed E-state index contributed by atoms with van der Waals surface area (Å²) in [7, 11) is 0. The van der Waals surface area contributed by atoms with Gasteiger partial charge >= 0.3 is 5.97 Å². The van der Waals surface area contributed by atoms with E-state index in [1.165, 1.54) is 6.92 Å². The number of carboxylic acid groups (broad SMARTS) is 1. The molecule has 50 valence electrons. The van der Waals surface area contributed by atoms with E-state index in [0.717, 1.165) is 0 Å². The Hall–Kier alpha value is -0.900. The molecule has 0 spiro atoms. The second-order valence-corrected chi connectivity index (χ2v) is 2.20. The molecule has 0 aromatic heterocycles. The molecule has 0 aromatic carbocycles. The third-order valence-electron chi connectivity index (χ3n) is 0.808. The first-order valence-electron chi connectivity index (χ1n) is 2.15. The minimum Gasteiger partial charge on any atom is -0.478 e. The number of aliphatic carboxylic acids is 1. The molecule has 0 aliphatic heterocycles. The Bertz CT molecular complexity index is 200. The largest absolute Gasteiger partial charge is 0.478 e. The standard InChI is InChI=1S/C5H6O3S/c1-3(5(6)7)4(2)9-8/h1H2,2H3,(H,6,7). The average molecular weight is 146 g/mol. The van der Waals surface area contributed by atoms with E-state index in [1.807, 2.05) is 0 Å². The van der Waals surface area contributed by atoms with Gasteiger partial charge in [-0.2, -0.15) is 0 Å². The fraction of sp³-hybridized carbons (Fsp3) is 0.200. The molecular formula is C5H6O3S. The fourth-order valence-corrected chi connectivity index (χ4v) is 0.389.